The Morgan fingerprint density at radius 2 is 1.28 bits per heavy atom. The highest BCUT2D eigenvalue weighted by Gasteiger charge is 2.31. The average Bonchev–Trinajstić information content (AvgIpc) is 3.50. The molecule has 46 heavy (non-hydrogen) atoms. The van der Waals surface area contributed by atoms with Crippen LogP contribution in [0.2, 0.25) is 0 Å². The molecule has 1 aromatic heterocycles. The van der Waals surface area contributed by atoms with Crippen molar-refractivity contribution in [3.8, 4) is 11.1 Å². The highest BCUT2D eigenvalue weighted by molar-refractivity contribution is 14.2. The summed E-state index contributed by atoms with van der Waals surface area (Å²) in [6, 6.07) is 52.6. The molecule has 0 saturated heterocycles. The molecule has 2 aliphatic heterocycles. The van der Waals surface area contributed by atoms with Gasteiger partial charge < -0.3 is 0 Å². The van der Waals surface area contributed by atoms with Gasteiger partial charge in [-0.15, -0.1) is 11.3 Å². The van der Waals surface area contributed by atoms with Crippen LogP contribution in [-0.4, -0.2) is 13.3 Å². The van der Waals surface area contributed by atoms with Gasteiger partial charge in [-0.2, -0.15) is 0 Å². The van der Waals surface area contributed by atoms with Crippen LogP contribution >= 0.6 is 32.1 Å². The topological polar surface area (TPSA) is 28.0 Å². The Labute approximate surface area is 279 Å². The summed E-state index contributed by atoms with van der Waals surface area (Å²) in [4.78, 5) is 13.2. The van der Waals surface area contributed by atoms with E-state index in [4.69, 9.17) is 9.98 Å². The van der Waals surface area contributed by atoms with E-state index < -0.39 is 20.7 Å². The molecule has 5 heteroatoms. The molecule has 216 valence electrons. The molecule has 0 aliphatic carbocycles. The van der Waals surface area contributed by atoms with Crippen LogP contribution in [0.1, 0.15) is 11.1 Å². The summed E-state index contributed by atoms with van der Waals surface area (Å²) in [5.41, 5.74) is 7.11. The van der Waals surface area contributed by atoms with Crippen molar-refractivity contribution in [1.29, 1.82) is 0 Å². The van der Waals surface area contributed by atoms with E-state index in [2.05, 4.69) is 150 Å². The quantitative estimate of drug-likeness (QED) is 0.129. The van der Waals surface area contributed by atoms with E-state index in [-0.39, 0.29) is 0 Å². The molecule has 0 N–H and O–H groups in total. The van der Waals surface area contributed by atoms with E-state index in [0.29, 0.717) is 0 Å². The van der Waals surface area contributed by atoms with Gasteiger partial charge in [0.05, 0.1) is 11.4 Å². The van der Waals surface area contributed by atoms with Crippen LogP contribution in [0.3, 0.4) is 0 Å². The first-order valence-electron chi connectivity index (χ1n) is 15.3. The Hall–Kier alpha value is -4.98. The summed E-state index contributed by atoms with van der Waals surface area (Å²) in [7, 11) is 0. The lowest BCUT2D eigenvalue weighted by molar-refractivity contribution is 1.37. The Morgan fingerprint density at radius 1 is 0.522 bits per heavy atom. The maximum absolute atomic E-state index is 5.44. The van der Waals surface area contributed by atoms with Crippen LogP contribution in [0.4, 0.5) is 11.4 Å². The Morgan fingerprint density at radius 3 is 2.20 bits per heavy atom. The third-order valence-electron chi connectivity index (χ3n) is 8.95. The minimum Gasteiger partial charge on any atom is -0.288 e. The second-order valence-electron chi connectivity index (χ2n) is 11.6. The van der Waals surface area contributed by atoms with Gasteiger partial charge in [0.25, 0.3) is 0 Å². The van der Waals surface area contributed by atoms with Gasteiger partial charge in [0, 0.05) is 47.6 Å². The van der Waals surface area contributed by atoms with E-state index in [9.17, 15) is 0 Å². The number of benzene rings is 7. The molecule has 0 amide bonds. The summed E-state index contributed by atoms with van der Waals surface area (Å²) in [5.74, 6) is 0.765. The molecule has 8 aromatic rings. The molecular weight excluding hydrogens is 693 g/mol. The summed E-state index contributed by atoms with van der Waals surface area (Å²) < 4.78 is 4.83. The zero-order valence-electron chi connectivity index (χ0n) is 24.5. The minimum absolute atomic E-state index is 0.765. The predicted octanol–water partition coefficient (Wildman–Crippen LogP) is 11.4. The van der Waals surface area contributed by atoms with Gasteiger partial charge in [0.2, 0.25) is 0 Å². The summed E-state index contributed by atoms with van der Waals surface area (Å²) >= 11 is 1.09. The van der Waals surface area contributed by atoms with Crippen LogP contribution < -0.4 is 4.90 Å². The van der Waals surface area contributed by atoms with E-state index in [1.165, 1.54) is 69.8 Å². The number of anilines is 2. The van der Waals surface area contributed by atoms with Crippen molar-refractivity contribution in [3.63, 3.8) is 0 Å². The maximum Gasteiger partial charge on any atom is 0.174 e. The van der Waals surface area contributed by atoms with Crippen molar-refractivity contribution in [3.05, 3.63) is 157 Å². The minimum atomic E-state index is -0.768. The molecular formula is C41H24IN3S. The molecule has 0 fully saturated rings. The average molecular weight is 718 g/mol. The number of fused-ring (bicyclic) bond motifs is 7. The molecule has 0 unspecified atom stereocenters. The molecule has 2 aliphatic rings. The lowest BCUT2D eigenvalue weighted by Gasteiger charge is -2.34. The summed E-state index contributed by atoms with van der Waals surface area (Å²) in [6.45, 7) is 0. The first kappa shape index (κ1) is 26.3. The smallest absolute Gasteiger partial charge is 0.174 e. The van der Waals surface area contributed by atoms with Gasteiger partial charge in [-0.05, 0) is 55.3 Å². The standard InChI is InChI=1S/C41H24IN3S/c1-2-11-27(12-3-1)40-43-39(28-21-22-31-30-16-6-7-19-35(30)46-36(31)24-28)42-41(44-40)45-34-18-9-14-26-13-8-17-32(37(26)34)33-23-20-25-10-4-5-15-29(25)38(33)45/h1-24H. The molecule has 0 bridgehead atoms. The van der Waals surface area contributed by atoms with E-state index in [0.717, 1.165) is 18.9 Å². The predicted molar refractivity (Wildman–Crippen MR) is 207 cm³/mol. The molecule has 3 heterocycles. The summed E-state index contributed by atoms with van der Waals surface area (Å²) in [5, 5.41) is 7.59. The molecule has 10 rings (SSSR count). The Balaban J connectivity index is 1.25. The van der Waals surface area contributed by atoms with Gasteiger partial charge in [-0.3, -0.25) is 4.90 Å². The van der Waals surface area contributed by atoms with Crippen LogP contribution in [0.25, 0.3) is 52.8 Å². The lowest BCUT2D eigenvalue weighted by atomic mass is 9.89. The van der Waals surface area contributed by atoms with E-state index in [1.54, 1.807) is 0 Å². The largest absolute Gasteiger partial charge is 0.288 e. The second kappa shape index (κ2) is 10.3. The Bertz CT molecular complexity index is 2640. The summed E-state index contributed by atoms with van der Waals surface area (Å²) in [6.07, 6.45) is 0. The fourth-order valence-electron chi connectivity index (χ4n) is 6.87. The third-order valence-corrected chi connectivity index (χ3v) is 12.7. The van der Waals surface area contributed by atoms with Crippen LogP contribution in [0, 0.1) is 0 Å². The number of amidine groups is 2. The maximum atomic E-state index is 5.44. The number of halogens is 1. The highest BCUT2D eigenvalue weighted by atomic mass is 127. The Kier molecular flexibility index (Phi) is 5.86. The van der Waals surface area contributed by atoms with Crippen LogP contribution in [0.5, 0.6) is 0 Å². The third kappa shape index (κ3) is 3.98. The molecule has 0 radical (unpaired) electrons. The van der Waals surface area contributed by atoms with Crippen LogP contribution in [0.15, 0.2) is 156 Å². The zero-order chi connectivity index (χ0) is 30.2. The lowest BCUT2D eigenvalue weighted by Crippen LogP contribution is -2.28. The van der Waals surface area contributed by atoms with Crippen molar-refractivity contribution in [2.24, 2.45) is 9.98 Å². The molecule has 0 atom stereocenters. The number of hydrogen-bond donors (Lipinski definition) is 0. The van der Waals surface area contributed by atoms with Gasteiger partial charge in [0.1, 0.15) is 3.63 Å². The number of thiophene rings is 1. The highest BCUT2D eigenvalue weighted by Crippen LogP contribution is 2.51. The van der Waals surface area contributed by atoms with Crippen LogP contribution in [-0.2, 0) is 0 Å². The zero-order valence-corrected chi connectivity index (χ0v) is 27.5. The fraction of sp³-hybridized carbons (Fsp3) is 0. The van der Waals surface area contributed by atoms with Gasteiger partial charge in [0.15, 0.2) is 9.68 Å². The molecule has 0 spiro atoms. The monoisotopic (exact) mass is 717 g/mol. The van der Waals surface area contributed by atoms with Crippen molar-refractivity contribution in [2.45, 2.75) is 0 Å². The van der Waals surface area contributed by atoms with Crippen molar-refractivity contribution < 1.29 is 0 Å². The second-order valence-corrected chi connectivity index (χ2v) is 15.2. The van der Waals surface area contributed by atoms with Gasteiger partial charge >= 0.3 is 0 Å². The van der Waals surface area contributed by atoms with Crippen molar-refractivity contribution >= 4 is 98.5 Å². The number of hydrogen-bond acceptors (Lipinski definition) is 4. The first-order valence-corrected chi connectivity index (χ1v) is 18.3. The fourth-order valence-corrected chi connectivity index (χ4v) is 10.6. The number of rotatable bonds is 2. The molecule has 7 aromatic carbocycles. The normalized spacial score (nSPS) is 14.2. The molecule has 0 saturated carbocycles. The van der Waals surface area contributed by atoms with E-state index >= 15 is 0 Å². The number of nitrogens with zero attached hydrogens (tertiary/aromatic N) is 3. The van der Waals surface area contributed by atoms with Crippen molar-refractivity contribution in [1.82, 2.24) is 0 Å². The van der Waals surface area contributed by atoms with Crippen molar-refractivity contribution in [2.75, 3.05) is 4.90 Å². The van der Waals surface area contributed by atoms with Gasteiger partial charge in [-0.25, -0.2) is 9.98 Å². The van der Waals surface area contributed by atoms with E-state index in [1.807, 2.05) is 11.3 Å². The SMILES string of the molecule is c1ccc(C2=NC(c3ccc4c(c3)sc3ccccc34)=IC(N3c4c(ccc5ccccc45)-c4cccc5cccc3c45)=N2)cc1. The number of aliphatic imine (C=N–C) groups is 2. The first-order chi connectivity index (χ1) is 22.8. The van der Waals surface area contributed by atoms with Gasteiger partial charge in [-0.1, -0.05) is 127 Å². The molecule has 3 nitrogen and oxygen atoms in total.